The number of hydrogen-bond donors (Lipinski definition) is 0. The van der Waals surface area contributed by atoms with Crippen LogP contribution in [-0.2, 0) is 25.3 Å². The molecular weight excluding hydrogens is 467 g/mol. The summed E-state index contributed by atoms with van der Waals surface area (Å²) < 4.78 is 135. The van der Waals surface area contributed by atoms with Gasteiger partial charge in [-0.2, -0.15) is 39.5 Å². The normalized spacial score (nSPS) is 23.8. The standard InChI is InChI=1S/C5H3F9O.H10O5Si5/c1-15-5(13,14)3(8,9)2(6,7)4(10,11)12;1-6-2-8-4-10-5-9-3-7-1/h1H3;6-10H2. The van der Waals surface area contributed by atoms with E-state index in [0.29, 0.717) is 0 Å². The summed E-state index contributed by atoms with van der Waals surface area (Å²) in [6.45, 7) is 0. The summed E-state index contributed by atoms with van der Waals surface area (Å²) in [5.41, 5.74) is 0. The van der Waals surface area contributed by atoms with E-state index in [9.17, 15) is 39.5 Å². The van der Waals surface area contributed by atoms with Crippen molar-refractivity contribution in [2.75, 3.05) is 7.11 Å². The van der Waals surface area contributed by atoms with Crippen LogP contribution in [0.3, 0.4) is 0 Å². The topological polar surface area (TPSA) is 55.4 Å². The highest BCUT2D eigenvalue weighted by Crippen LogP contribution is 2.53. The van der Waals surface area contributed by atoms with Crippen LogP contribution in [0.4, 0.5) is 39.5 Å². The molecule has 0 radical (unpaired) electrons. The van der Waals surface area contributed by atoms with E-state index < -0.39 is 74.2 Å². The highest BCUT2D eigenvalue weighted by atomic mass is 28.4. The number of ether oxygens (including phenoxy) is 1. The van der Waals surface area contributed by atoms with Crippen LogP contribution in [0.1, 0.15) is 0 Å². The molecule has 0 aromatic carbocycles. The zero-order valence-electron chi connectivity index (χ0n) is 12.4. The Bertz CT molecular complexity index is 353. The Kier molecular flexibility index (Phi) is 10.6. The first kappa shape index (κ1) is 25.2. The Morgan fingerprint density at radius 2 is 0.840 bits per heavy atom. The minimum Gasteiger partial charge on any atom is -0.425 e. The van der Waals surface area contributed by atoms with Crippen molar-refractivity contribution in [1.29, 1.82) is 0 Å². The number of rotatable bonds is 3. The molecule has 20 heteroatoms. The van der Waals surface area contributed by atoms with Crippen molar-refractivity contribution >= 4 is 50.0 Å². The van der Waals surface area contributed by atoms with Gasteiger partial charge >= 0.3 is 24.1 Å². The van der Waals surface area contributed by atoms with Crippen LogP contribution in [0, 0.1) is 0 Å². The van der Waals surface area contributed by atoms with Gasteiger partial charge in [0.2, 0.25) is 0 Å². The maximum Gasteiger partial charge on any atom is 0.460 e. The van der Waals surface area contributed by atoms with Crippen molar-refractivity contribution in [3.05, 3.63) is 0 Å². The fourth-order valence-corrected chi connectivity index (χ4v) is 9.97. The van der Waals surface area contributed by atoms with Crippen LogP contribution in [0.25, 0.3) is 0 Å². The van der Waals surface area contributed by atoms with E-state index in [1.54, 1.807) is 0 Å². The van der Waals surface area contributed by atoms with Crippen molar-refractivity contribution < 1.29 is 64.8 Å². The summed E-state index contributed by atoms with van der Waals surface area (Å²) in [7, 11) is -3.74. The first-order valence-electron chi connectivity index (χ1n) is 5.95. The molecular formula is C5H13F9O6Si5. The summed E-state index contributed by atoms with van der Waals surface area (Å²) in [5.74, 6) is -13.6. The maximum atomic E-state index is 12.1. The van der Waals surface area contributed by atoms with Gasteiger partial charge in [0.25, 0.3) is 50.0 Å². The molecule has 1 fully saturated rings. The zero-order valence-corrected chi connectivity index (χ0v) is 19.5. The molecule has 0 unspecified atom stereocenters. The predicted octanol–water partition coefficient (Wildman–Crippen LogP) is -1.86. The van der Waals surface area contributed by atoms with Crippen molar-refractivity contribution in [2.45, 2.75) is 24.1 Å². The van der Waals surface area contributed by atoms with Crippen molar-refractivity contribution in [2.24, 2.45) is 0 Å². The first-order valence-corrected chi connectivity index (χ1v) is 11.7. The molecule has 1 saturated heterocycles. The molecule has 1 rings (SSSR count). The van der Waals surface area contributed by atoms with Gasteiger partial charge in [0.15, 0.2) is 0 Å². The lowest BCUT2D eigenvalue weighted by molar-refractivity contribution is -0.440. The van der Waals surface area contributed by atoms with E-state index in [1.807, 2.05) is 0 Å². The van der Waals surface area contributed by atoms with Crippen LogP contribution in [0.5, 0.6) is 0 Å². The molecule has 0 amide bonds. The van der Waals surface area contributed by atoms with Gasteiger partial charge in [-0.15, -0.1) is 0 Å². The lowest BCUT2D eigenvalue weighted by Crippen LogP contribution is -2.61. The predicted molar refractivity (Wildman–Crippen MR) is 76.0 cm³/mol. The van der Waals surface area contributed by atoms with Gasteiger partial charge in [-0.25, -0.2) is 0 Å². The highest BCUT2D eigenvalue weighted by molar-refractivity contribution is 6.50. The Balaban J connectivity index is 0.000000496. The van der Waals surface area contributed by atoms with E-state index in [1.165, 1.54) is 0 Å². The summed E-state index contributed by atoms with van der Waals surface area (Å²) in [6, 6.07) is 0. The molecule has 0 saturated carbocycles. The maximum absolute atomic E-state index is 12.1. The Labute approximate surface area is 146 Å². The number of methoxy groups -OCH3 is 1. The summed E-state index contributed by atoms with van der Waals surface area (Å²) in [6.07, 6.45) is -12.7. The second-order valence-corrected chi connectivity index (χ2v) is 13.3. The molecule has 0 aromatic heterocycles. The summed E-state index contributed by atoms with van der Waals surface area (Å²) in [5, 5.41) is 0. The van der Waals surface area contributed by atoms with Crippen molar-refractivity contribution in [3.63, 3.8) is 0 Å². The quantitative estimate of drug-likeness (QED) is 0.349. The van der Waals surface area contributed by atoms with Gasteiger partial charge in [0.1, 0.15) is 0 Å². The van der Waals surface area contributed by atoms with Crippen LogP contribution in [0.15, 0.2) is 0 Å². The molecule has 152 valence electrons. The fraction of sp³-hybridized carbons (Fsp3) is 1.00. The minimum absolute atomic E-state index is 0.125. The van der Waals surface area contributed by atoms with Crippen LogP contribution in [-0.4, -0.2) is 81.3 Å². The van der Waals surface area contributed by atoms with Crippen molar-refractivity contribution in [3.8, 4) is 0 Å². The van der Waals surface area contributed by atoms with Gasteiger partial charge < -0.3 is 25.3 Å². The lowest BCUT2D eigenvalue weighted by Gasteiger charge is -2.32. The molecule has 1 heterocycles. The van der Waals surface area contributed by atoms with Crippen LogP contribution < -0.4 is 0 Å². The Morgan fingerprint density at radius 1 is 0.560 bits per heavy atom. The van der Waals surface area contributed by atoms with Crippen LogP contribution in [0.2, 0.25) is 0 Å². The number of alkyl halides is 9. The van der Waals surface area contributed by atoms with E-state index in [0.717, 1.165) is 0 Å². The van der Waals surface area contributed by atoms with E-state index in [4.69, 9.17) is 20.6 Å². The third-order valence-electron chi connectivity index (χ3n) is 2.21. The average molecular weight is 481 g/mol. The largest absolute Gasteiger partial charge is 0.460 e. The zero-order chi connectivity index (χ0) is 19.8. The highest BCUT2D eigenvalue weighted by Gasteiger charge is 2.82. The summed E-state index contributed by atoms with van der Waals surface area (Å²) in [4.78, 5) is 0. The molecule has 0 spiro atoms. The van der Waals surface area contributed by atoms with Crippen molar-refractivity contribution in [1.82, 2.24) is 0 Å². The smallest absolute Gasteiger partial charge is 0.425 e. The second kappa shape index (κ2) is 10.5. The molecule has 0 aromatic rings. The van der Waals surface area contributed by atoms with E-state index >= 15 is 0 Å². The monoisotopic (exact) mass is 480 g/mol. The SMILES string of the molecule is COC(F)(F)C(F)(F)C(F)(F)C(F)(F)F.O1[SiH2]O[SiH2]O[SiH2]O[SiH2]O[SiH2]1. The molecule has 6 nitrogen and oxygen atoms in total. The third-order valence-corrected chi connectivity index (χ3v) is 8.87. The Morgan fingerprint density at radius 3 is 1.04 bits per heavy atom. The summed E-state index contributed by atoms with van der Waals surface area (Å²) >= 11 is 0. The first-order chi connectivity index (χ1) is 11.3. The van der Waals surface area contributed by atoms with Gasteiger partial charge in [0, 0.05) is 7.11 Å². The van der Waals surface area contributed by atoms with E-state index in [2.05, 4.69) is 4.74 Å². The van der Waals surface area contributed by atoms with Gasteiger partial charge in [-0.3, -0.25) is 0 Å². The number of halogens is 9. The molecule has 0 atom stereocenters. The average Bonchev–Trinajstić information content (AvgIpc) is 2.52. The lowest BCUT2D eigenvalue weighted by atomic mass is 10.1. The van der Waals surface area contributed by atoms with Gasteiger partial charge in [-0.05, 0) is 0 Å². The van der Waals surface area contributed by atoms with Gasteiger partial charge in [0.05, 0.1) is 0 Å². The van der Waals surface area contributed by atoms with Crippen LogP contribution >= 0.6 is 0 Å². The molecule has 25 heavy (non-hydrogen) atoms. The molecule has 0 bridgehead atoms. The van der Waals surface area contributed by atoms with Gasteiger partial charge in [-0.1, -0.05) is 0 Å². The molecule has 1 aliphatic heterocycles. The Hall–Kier alpha value is 0.214. The molecule has 1 aliphatic rings. The minimum atomic E-state index is -6.89. The van der Waals surface area contributed by atoms with E-state index in [-0.39, 0.29) is 7.11 Å². The number of hydrogen-bond acceptors (Lipinski definition) is 6. The molecule has 0 N–H and O–H groups in total. The fourth-order valence-electron chi connectivity index (χ4n) is 0.954. The second-order valence-electron chi connectivity index (χ2n) is 3.98. The third kappa shape index (κ3) is 7.39. The molecule has 0 aliphatic carbocycles.